The summed E-state index contributed by atoms with van der Waals surface area (Å²) in [6.07, 6.45) is 2.03. The molecule has 1 aromatic heterocycles. The van der Waals surface area contributed by atoms with Gasteiger partial charge in [0.05, 0.1) is 19.6 Å². The number of nitrogens with zero attached hydrogens (tertiary/aromatic N) is 3. The first-order valence-electron chi connectivity index (χ1n) is 7.19. The summed E-state index contributed by atoms with van der Waals surface area (Å²) in [5.74, 6) is 1.65. The molecule has 114 valence electrons. The highest BCUT2D eigenvalue weighted by Crippen LogP contribution is 2.17. The Morgan fingerprint density at radius 3 is 2.95 bits per heavy atom. The third-order valence-electron chi connectivity index (χ3n) is 3.65. The van der Waals surface area contributed by atoms with E-state index in [2.05, 4.69) is 15.5 Å². The van der Waals surface area contributed by atoms with Crippen molar-refractivity contribution in [1.82, 2.24) is 15.1 Å². The lowest BCUT2D eigenvalue weighted by atomic mass is 10.1. The van der Waals surface area contributed by atoms with Gasteiger partial charge in [-0.1, -0.05) is 12.1 Å². The van der Waals surface area contributed by atoms with Gasteiger partial charge < -0.3 is 15.0 Å². The number of methoxy groups -OCH3 is 1. The van der Waals surface area contributed by atoms with Crippen molar-refractivity contribution >= 4 is 11.7 Å². The van der Waals surface area contributed by atoms with Gasteiger partial charge in [0.15, 0.2) is 0 Å². The van der Waals surface area contributed by atoms with Crippen LogP contribution in [-0.4, -0.2) is 47.2 Å². The third kappa shape index (κ3) is 3.33. The Morgan fingerprint density at radius 1 is 1.36 bits per heavy atom. The fourth-order valence-corrected chi connectivity index (χ4v) is 2.43. The monoisotopic (exact) mass is 298 g/mol. The average molecular weight is 298 g/mol. The Hall–Kier alpha value is -2.63. The molecule has 1 aliphatic heterocycles. The largest absolute Gasteiger partial charge is 0.497 e. The van der Waals surface area contributed by atoms with E-state index in [0.717, 1.165) is 17.1 Å². The van der Waals surface area contributed by atoms with Gasteiger partial charge in [-0.25, -0.2) is 0 Å². The molecule has 1 fully saturated rings. The number of benzene rings is 1. The lowest BCUT2D eigenvalue weighted by Gasteiger charge is -2.39. The van der Waals surface area contributed by atoms with Crippen LogP contribution in [0, 0.1) is 0 Å². The number of ether oxygens (including phenoxy) is 1. The van der Waals surface area contributed by atoms with Gasteiger partial charge in [0.1, 0.15) is 11.6 Å². The van der Waals surface area contributed by atoms with Crippen LogP contribution in [0.4, 0.5) is 5.82 Å². The molecule has 2 heterocycles. The van der Waals surface area contributed by atoms with Crippen LogP contribution >= 0.6 is 0 Å². The molecule has 0 unspecified atom stereocenters. The second-order valence-corrected chi connectivity index (χ2v) is 5.28. The molecule has 1 saturated heterocycles. The number of anilines is 1. The number of likely N-dealkylation sites (tertiary alicyclic amines) is 1. The average Bonchev–Trinajstić information content (AvgIpc) is 2.51. The Labute approximate surface area is 129 Å². The van der Waals surface area contributed by atoms with Gasteiger partial charge in [-0.3, -0.25) is 4.79 Å². The molecule has 6 heteroatoms. The molecule has 0 atom stereocenters. The molecule has 1 aromatic carbocycles. The highest BCUT2D eigenvalue weighted by atomic mass is 16.5. The quantitative estimate of drug-likeness (QED) is 0.902. The molecule has 1 N–H and O–H groups in total. The zero-order chi connectivity index (χ0) is 15.4. The molecule has 0 aliphatic carbocycles. The van der Waals surface area contributed by atoms with E-state index in [4.69, 9.17) is 4.74 Å². The van der Waals surface area contributed by atoms with Crippen LogP contribution in [0.2, 0.25) is 0 Å². The zero-order valence-electron chi connectivity index (χ0n) is 12.4. The first-order chi connectivity index (χ1) is 10.7. The molecule has 3 rings (SSSR count). The smallest absolute Gasteiger partial charge is 0.227 e. The van der Waals surface area contributed by atoms with Crippen molar-refractivity contribution < 1.29 is 9.53 Å². The van der Waals surface area contributed by atoms with Crippen molar-refractivity contribution in [3.8, 4) is 5.75 Å². The number of hydrogen-bond donors (Lipinski definition) is 1. The van der Waals surface area contributed by atoms with Crippen LogP contribution in [0.1, 0.15) is 5.56 Å². The summed E-state index contributed by atoms with van der Waals surface area (Å²) in [5.41, 5.74) is 0.967. The summed E-state index contributed by atoms with van der Waals surface area (Å²) < 4.78 is 5.17. The normalized spacial score (nSPS) is 14.3. The second-order valence-electron chi connectivity index (χ2n) is 5.28. The molecule has 0 radical (unpaired) electrons. The minimum Gasteiger partial charge on any atom is -0.497 e. The Bertz CT molecular complexity index is 642. The number of carbonyl (C=O) groups is 1. The van der Waals surface area contributed by atoms with E-state index in [0.29, 0.717) is 19.5 Å². The van der Waals surface area contributed by atoms with Crippen LogP contribution in [0.25, 0.3) is 0 Å². The lowest BCUT2D eigenvalue weighted by molar-refractivity contribution is -0.134. The van der Waals surface area contributed by atoms with Crippen molar-refractivity contribution in [2.45, 2.75) is 12.5 Å². The van der Waals surface area contributed by atoms with Gasteiger partial charge in [-0.2, -0.15) is 5.10 Å². The maximum atomic E-state index is 12.2. The molecule has 1 aliphatic rings. The van der Waals surface area contributed by atoms with Crippen molar-refractivity contribution in [2.75, 3.05) is 25.5 Å². The SMILES string of the molecule is COc1cccc(CC(=O)N2CC(Nc3cccnn3)C2)c1. The Balaban J connectivity index is 1.49. The van der Waals surface area contributed by atoms with Gasteiger partial charge in [0.2, 0.25) is 5.91 Å². The zero-order valence-corrected chi connectivity index (χ0v) is 12.4. The minimum atomic E-state index is 0.130. The molecular weight excluding hydrogens is 280 g/mol. The van der Waals surface area contributed by atoms with Crippen LogP contribution in [-0.2, 0) is 11.2 Å². The van der Waals surface area contributed by atoms with Crippen molar-refractivity contribution in [2.24, 2.45) is 0 Å². The fourth-order valence-electron chi connectivity index (χ4n) is 2.43. The van der Waals surface area contributed by atoms with Gasteiger partial charge in [-0.15, -0.1) is 5.10 Å². The van der Waals surface area contributed by atoms with Crippen molar-refractivity contribution in [3.05, 3.63) is 48.2 Å². The summed E-state index contributed by atoms with van der Waals surface area (Å²) in [6.45, 7) is 1.39. The van der Waals surface area contributed by atoms with E-state index < -0.39 is 0 Å². The first-order valence-corrected chi connectivity index (χ1v) is 7.19. The topological polar surface area (TPSA) is 67.3 Å². The van der Waals surface area contributed by atoms with Gasteiger partial charge in [-0.05, 0) is 29.8 Å². The van der Waals surface area contributed by atoms with E-state index in [9.17, 15) is 4.79 Å². The summed E-state index contributed by atoms with van der Waals surface area (Å²) in [6, 6.07) is 11.6. The maximum Gasteiger partial charge on any atom is 0.227 e. The summed E-state index contributed by atoms with van der Waals surface area (Å²) >= 11 is 0. The third-order valence-corrected chi connectivity index (χ3v) is 3.65. The predicted molar refractivity (Wildman–Crippen MR) is 82.7 cm³/mol. The van der Waals surface area contributed by atoms with Gasteiger partial charge in [0, 0.05) is 19.3 Å². The molecule has 0 saturated carbocycles. The number of aromatic nitrogens is 2. The Morgan fingerprint density at radius 2 is 2.23 bits per heavy atom. The molecule has 0 spiro atoms. The summed E-state index contributed by atoms with van der Waals surface area (Å²) in [7, 11) is 1.62. The highest BCUT2D eigenvalue weighted by molar-refractivity contribution is 5.80. The van der Waals surface area contributed by atoms with Crippen LogP contribution in [0.3, 0.4) is 0 Å². The molecule has 1 amide bonds. The van der Waals surface area contributed by atoms with Crippen LogP contribution in [0.5, 0.6) is 5.75 Å². The number of amides is 1. The summed E-state index contributed by atoms with van der Waals surface area (Å²) in [4.78, 5) is 14.1. The van der Waals surface area contributed by atoms with Crippen molar-refractivity contribution in [3.63, 3.8) is 0 Å². The number of rotatable bonds is 5. The molecule has 0 bridgehead atoms. The second kappa shape index (κ2) is 6.43. The van der Waals surface area contributed by atoms with Crippen LogP contribution in [0.15, 0.2) is 42.6 Å². The number of nitrogens with one attached hydrogen (secondary N) is 1. The maximum absolute atomic E-state index is 12.2. The lowest BCUT2D eigenvalue weighted by Crippen LogP contribution is -2.57. The van der Waals surface area contributed by atoms with Gasteiger partial charge in [0.25, 0.3) is 0 Å². The van der Waals surface area contributed by atoms with E-state index in [-0.39, 0.29) is 11.9 Å². The van der Waals surface area contributed by atoms with E-state index in [1.165, 1.54) is 0 Å². The minimum absolute atomic E-state index is 0.130. The van der Waals surface area contributed by atoms with Crippen LogP contribution < -0.4 is 10.1 Å². The molecular formula is C16H18N4O2. The van der Waals surface area contributed by atoms with E-state index >= 15 is 0 Å². The van der Waals surface area contributed by atoms with E-state index in [1.807, 2.05) is 41.3 Å². The first kappa shape index (κ1) is 14.3. The summed E-state index contributed by atoms with van der Waals surface area (Å²) in [5, 5.41) is 11.1. The van der Waals surface area contributed by atoms with Gasteiger partial charge >= 0.3 is 0 Å². The standard InChI is InChI=1S/C16H18N4O2/c1-22-14-5-2-4-12(8-14)9-16(21)20-10-13(11-20)18-15-6-3-7-17-19-15/h2-8,13H,9-11H2,1H3,(H,18,19). The Kier molecular flexibility index (Phi) is 4.18. The fraction of sp³-hybridized carbons (Fsp3) is 0.312. The molecule has 6 nitrogen and oxygen atoms in total. The van der Waals surface area contributed by atoms with Crippen molar-refractivity contribution in [1.29, 1.82) is 0 Å². The highest BCUT2D eigenvalue weighted by Gasteiger charge is 2.30. The number of hydrogen-bond acceptors (Lipinski definition) is 5. The number of carbonyl (C=O) groups excluding carboxylic acids is 1. The molecule has 22 heavy (non-hydrogen) atoms. The van der Waals surface area contributed by atoms with E-state index in [1.54, 1.807) is 13.3 Å². The molecule has 2 aromatic rings. The predicted octanol–water partition coefficient (Wildman–Crippen LogP) is 1.35.